The second kappa shape index (κ2) is 9.40. The van der Waals surface area contributed by atoms with Crippen LogP contribution in [0.15, 0.2) is 18.2 Å². The number of rotatable bonds is 7. The van der Waals surface area contributed by atoms with Gasteiger partial charge in [-0.05, 0) is 37.6 Å². The van der Waals surface area contributed by atoms with Gasteiger partial charge in [0.1, 0.15) is 0 Å². The van der Waals surface area contributed by atoms with E-state index in [0.717, 1.165) is 70.3 Å². The fourth-order valence-electron chi connectivity index (χ4n) is 2.63. The number of nitrogens with zero attached hydrogens (tertiary/aromatic N) is 1. The third kappa shape index (κ3) is 6.49. The molecule has 1 aromatic rings. The van der Waals surface area contributed by atoms with Crippen molar-refractivity contribution < 1.29 is 22.7 Å². The molecule has 1 heterocycles. The molecule has 0 aromatic heterocycles. The minimum Gasteiger partial charge on any atom is -0.379 e. The Morgan fingerprint density at radius 2 is 1.92 bits per heavy atom. The van der Waals surface area contributed by atoms with Gasteiger partial charge in [0.25, 0.3) is 5.91 Å². The quantitative estimate of drug-likeness (QED) is 0.737. The summed E-state index contributed by atoms with van der Waals surface area (Å²) < 4.78 is 43.4. The van der Waals surface area contributed by atoms with Crippen LogP contribution in [0.25, 0.3) is 0 Å². The van der Waals surface area contributed by atoms with Crippen molar-refractivity contribution in [3.63, 3.8) is 0 Å². The molecule has 0 atom stereocenters. The van der Waals surface area contributed by atoms with Crippen LogP contribution in [0.1, 0.15) is 35.2 Å². The molecule has 0 bridgehead atoms. The van der Waals surface area contributed by atoms with E-state index >= 15 is 0 Å². The molecule has 1 fully saturated rings. The lowest BCUT2D eigenvalue weighted by molar-refractivity contribution is -0.137. The summed E-state index contributed by atoms with van der Waals surface area (Å²) >= 11 is 5.85. The number of unbranched alkanes of at least 4 members (excludes halogenated alkanes) is 2. The number of ether oxygens (including phenoxy) is 1. The summed E-state index contributed by atoms with van der Waals surface area (Å²) in [5.41, 5.74) is -1.03. The maximum atomic E-state index is 12.7. The van der Waals surface area contributed by atoms with Crippen LogP contribution in [-0.4, -0.2) is 50.2 Å². The van der Waals surface area contributed by atoms with Crippen LogP contribution in [0.2, 0.25) is 5.02 Å². The number of morpholine rings is 1. The van der Waals surface area contributed by atoms with Gasteiger partial charge in [0.15, 0.2) is 0 Å². The lowest BCUT2D eigenvalue weighted by Crippen LogP contribution is -2.36. The van der Waals surface area contributed by atoms with E-state index in [1.54, 1.807) is 0 Å². The van der Waals surface area contributed by atoms with Gasteiger partial charge in [-0.1, -0.05) is 18.0 Å². The number of alkyl halides is 3. The molecular formula is C17H22ClF3N2O2. The molecule has 0 unspecified atom stereocenters. The fraction of sp³-hybridized carbons (Fsp3) is 0.588. The zero-order valence-corrected chi connectivity index (χ0v) is 14.6. The van der Waals surface area contributed by atoms with Crippen molar-refractivity contribution in [1.29, 1.82) is 0 Å². The molecule has 1 N–H and O–H groups in total. The van der Waals surface area contributed by atoms with Crippen LogP contribution in [0, 0.1) is 0 Å². The van der Waals surface area contributed by atoms with E-state index in [0.29, 0.717) is 6.54 Å². The van der Waals surface area contributed by atoms with Crippen LogP contribution in [-0.2, 0) is 10.9 Å². The summed E-state index contributed by atoms with van der Waals surface area (Å²) in [6.07, 6.45) is -1.78. The Balaban J connectivity index is 1.71. The smallest absolute Gasteiger partial charge is 0.379 e. The van der Waals surface area contributed by atoms with Gasteiger partial charge in [-0.15, -0.1) is 0 Å². The van der Waals surface area contributed by atoms with Crippen molar-refractivity contribution >= 4 is 17.5 Å². The first-order valence-electron chi connectivity index (χ1n) is 8.33. The first-order valence-corrected chi connectivity index (χ1v) is 8.71. The van der Waals surface area contributed by atoms with E-state index in [1.807, 2.05) is 0 Å². The molecular weight excluding hydrogens is 357 g/mol. The number of carbonyl (C=O) groups is 1. The molecule has 0 radical (unpaired) electrons. The van der Waals surface area contributed by atoms with Crippen LogP contribution in [0.5, 0.6) is 0 Å². The molecule has 1 amide bonds. The van der Waals surface area contributed by atoms with Gasteiger partial charge in [-0.25, -0.2) is 0 Å². The Labute approximate surface area is 150 Å². The Kier molecular flexibility index (Phi) is 7.53. The highest BCUT2D eigenvalue weighted by Crippen LogP contribution is 2.31. The van der Waals surface area contributed by atoms with Crippen molar-refractivity contribution in [2.45, 2.75) is 25.4 Å². The van der Waals surface area contributed by atoms with E-state index < -0.39 is 17.6 Å². The van der Waals surface area contributed by atoms with Gasteiger partial charge in [-0.2, -0.15) is 13.2 Å². The summed E-state index contributed by atoms with van der Waals surface area (Å²) in [5.74, 6) is -0.579. The molecule has 0 aliphatic carbocycles. The molecule has 0 saturated carbocycles. The molecule has 8 heteroatoms. The Morgan fingerprint density at radius 1 is 1.20 bits per heavy atom. The minimum absolute atomic E-state index is 0.0119. The van der Waals surface area contributed by atoms with Crippen molar-refractivity contribution in [3.05, 3.63) is 34.3 Å². The van der Waals surface area contributed by atoms with E-state index in [-0.39, 0.29) is 10.6 Å². The van der Waals surface area contributed by atoms with Crippen LogP contribution < -0.4 is 5.32 Å². The van der Waals surface area contributed by atoms with Crippen LogP contribution in [0.4, 0.5) is 13.2 Å². The zero-order valence-electron chi connectivity index (χ0n) is 13.9. The first kappa shape index (κ1) is 20.0. The van der Waals surface area contributed by atoms with Crippen molar-refractivity contribution in [3.8, 4) is 0 Å². The summed E-state index contributed by atoms with van der Waals surface area (Å²) in [4.78, 5) is 14.4. The topological polar surface area (TPSA) is 41.6 Å². The lowest BCUT2D eigenvalue weighted by atomic mass is 10.1. The highest BCUT2D eigenvalue weighted by Gasteiger charge is 2.31. The van der Waals surface area contributed by atoms with Crippen LogP contribution in [0.3, 0.4) is 0 Å². The van der Waals surface area contributed by atoms with Gasteiger partial charge in [0, 0.05) is 19.6 Å². The monoisotopic (exact) mass is 378 g/mol. The third-order valence-corrected chi connectivity index (χ3v) is 4.41. The SMILES string of the molecule is O=C(NCCCCCN1CCOCC1)c1cc(C(F)(F)F)ccc1Cl. The lowest BCUT2D eigenvalue weighted by Gasteiger charge is -2.26. The summed E-state index contributed by atoms with van der Waals surface area (Å²) in [7, 11) is 0. The van der Waals surface area contributed by atoms with E-state index in [2.05, 4.69) is 10.2 Å². The summed E-state index contributed by atoms with van der Waals surface area (Å²) in [6, 6.07) is 2.75. The number of halogens is 4. The van der Waals surface area contributed by atoms with Gasteiger partial charge in [0.2, 0.25) is 0 Å². The molecule has 25 heavy (non-hydrogen) atoms. The van der Waals surface area contributed by atoms with E-state index in [1.165, 1.54) is 0 Å². The number of hydrogen-bond donors (Lipinski definition) is 1. The first-order chi connectivity index (χ1) is 11.9. The molecule has 1 aliphatic rings. The van der Waals surface area contributed by atoms with Crippen molar-refractivity contribution in [2.24, 2.45) is 0 Å². The molecule has 4 nitrogen and oxygen atoms in total. The Bertz CT molecular complexity index is 576. The minimum atomic E-state index is -4.50. The average molecular weight is 379 g/mol. The van der Waals surface area contributed by atoms with E-state index in [4.69, 9.17) is 16.3 Å². The largest absolute Gasteiger partial charge is 0.416 e. The van der Waals surface area contributed by atoms with E-state index in [9.17, 15) is 18.0 Å². The van der Waals surface area contributed by atoms with Gasteiger partial charge >= 0.3 is 6.18 Å². The highest BCUT2D eigenvalue weighted by molar-refractivity contribution is 6.33. The van der Waals surface area contributed by atoms with Gasteiger partial charge in [0.05, 0.1) is 29.4 Å². The highest BCUT2D eigenvalue weighted by atomic mass is 35.5. The summed E-state index contributed by atoms with van der Waals surface area (Å²) in [5, 5.41) is 2.64. The number of benzene rings is 1. The maximum Gasteiger partial charge on any atom is 0.416 e. The molecule has 1 aromatic carbocycles. The van der Waals surface area contributed by atoms with Crippen LogP contribution >= 0.6 is 11.6 Å². The predicted molar refractivity (Wildman–Crippen MR) is 89.9 cm³/mol. The molecule has 1 saturated heterocycles. The molecule has 1 aliphatic heterocycles. The predicted octanol–water partition coefficient (Wildman–Crippen LogP) is 3.59. The Morgan fingerprint density at radius 3 is 2.60 bits per heavy atom. The Hall–Kier alpha value is -1.31. The van der Waals surface area contributed by atoms with Crippen molar-refractivity contribution in [1.82, 2.24) is 10.2 Å². The normalized spacial score (nSPS) is 16.0. The fourth-order valence-corrected chi connectivity index (χ4v) is 2.84. The summed E-state index contributed by atoms with van der Waals surface area (Å²) in [6.45, 7) is 4.85. The second-order valence-electron chi connectivity index (χ2n) is 5.96. The molecule has 0 spiro atoms. The number of nitrogens with one attached hydrogen (secondary N) is 1. The average Bonchev–Trinajstić information content (AvgIpc) is 2.58. The standard InChI is InChI=1S/C17H22ClF3N2O2/c18-15-5-4-13(17(19,20)21)12-14(15)16(24)22-6-2-1-3-7-23-8-10-25-11-9-23/h4-5,12H,1-3,6-11H2,(H,22,24). The van der Waals surface area contributed by atoms with Gasteiger partial charge in [-0.3, -0.25) is 9.69 Å². The molecule has 140 valence electrons. The maximum absolute atomic E-state index is 12.7. The molecule has 2 rings (SSSR count). The van der Waals surface area contributed by atoms with Crippen molar-refractivity contribution in [2.75, 3.05) is 39.4 Å². The number of carbonyl (C=O) groups excluding carboxylic acids is 1. The number of hydrogen-bond acceptors (Lipinski definition) is 3. The third-order valence-electron chi connectivity index (χ3n) is 4.08. The zero-order chi connectivity index (χ0) is 18.3. The number of amides is 1. The van der Waals surface area contributed by atoms with Gasteiger partial charge < -0.3 is 10.1 Å². The second-order valence-corrected chi connectivity index (χ2v) is 6.37.